The molecule has 1 rings (SSSR count). The van der Waals surface area contributed by atoms with Gasteiger partial charge in [0.1, 0.15) is 0 Å². The SMILES string of the molecule is NC(CO)CC1=C/COCCOC/C=C\1. The summed E-state index contributed by atoms with van der Waals surface area (Å²) in [6, 6.07) is -0.204. The Morgan fingerprint density at radius 3 is 2.80 bits per heavy atom. The monoisotopic (exact) mass is 213 g/mol. The van der Waals surface area contributed by atoms with Crippen molar-refractivity contribution < 1.29 is 14.6 Å². The molecule has 3 N–H and O–H groups in total. The zero-order valence-electron chi connectivity index (χ0n) is 8.89. The molecule has 1 heterocycles. The molecule has 0 fully saturated rings. The minimum absolute atomic E-state index is 0.00252. The van der Waals surface area contributed by atoms with Crippen molar-refractivity contribution in [1.29, 1.82) is 0 Å². The molecule has 0 aromatic heterocycles. The third-order valence-electron chi connectivity index (χ3n) is 2.11. The van der Waals surface area contributed by atoms with E-state index >= 15 is 0 Å². The van der Waals surface area contributed by atoms with Gasteiger partial charge in [0.25, 0.3) is 0 Å². The molecule has 0 saturated carbocycles. The summed E-state index contributed by atoms with van der Waals surface area (Å²) in [4.78, 5) is 0. The molecule has 0 aromatic rings. The Kier molecular flexibility index (Phi) is 6.27. The second-order valence-electron chi connectivity index (χ2n) is 3.48. The number of allylic oxidation sites excluding steroid dienone is 1. The minimum Gasteiger partial charge on any atom is -0.395 e. The van der Waals surface area contributed by atoms with Crippen LogP contribution < -0.4 is 5.73 Å². The highest BCUT2D eigenvalue weighted by molar-refractivity contribution is 5.20. The summed E-state index contributed by atoms with van der Waals surface area (Å²) in [6.45, 7) is 2.41. The van der Waals surface area contributed by atoms with E-state index in [1.807, 2.05) is 18.2 Å². The normalized spacial score (nSPS) is 26.4. The first kappa shape index (κ1) is 12.4. The molecular formula is C11H19NO3. The van der Waals surface area contributed by atoms with Crippen molar-refractivity contribution in [3.05, 3.63) is 23.8 Å². The van der Waals surface area contributed by atoms with Crippen LogP contribution >= 0.6 is 0 Å². The van der Waals surface area contributed by atoms with E-state index in [4.69, 9.17) is 20.3 Å². The Hall–Kier alpha value is -0.680. The molecule has 0 bridgehead atoms. The van der Waals surface area contributed by atoms with Crippen LogP contribution in [0.25, 0.3) is 0 Å². The fourth-order valence-corrected chi connectivity index (χ4v) is 1.30. The van der Waals surface area contributed by atoms with Gasteiger partial charge in [-0.05, 0) is 12.0 Å². The van der Waals surface area contributed by atoms with E-state index in [9.17, 15) is 0 Å². The molecule has 86 valence electrons. The molecule has 1 aliphatic rings. The zero-order chi connectivity index (χ0) is 10.9. The lowest BCUT2D eigenvalue weighted by Crippen LogP contribution is -2.24. The molecule has 4 nitrogen and oxygen atoms in total. The summed E-state index contributed by atoms with van der Waals surface area (Å²) < 4.78 is 10.6. The van der Waals surface area contributed by atoms with Crippen LogP contribution in [0.2, 0.25) is 0 Å². The topological polar surface area (TPSA) is 64.7 Å². The molecule has 0 aromatic carbocycles. The van der Waals surface area contributed by atoms with Crippen molar-refractivity contribution in [2.45, 2.75) is 12.5 Å². The second kappa shape index (κ2) is 7.59. The average Bonchev–Trinajstić information content (AvgIpc) is 2.27. The van der Waals surface area contributed by atoms with Gasteiger partial charge in [-0.1, -0.05) is 18.2 Å². The van der Waals surface area contributed by atoms with Gasteiger partial charge in [0, 0.05) is 6.04 Å². The lowest BCUT2D eigenvalue weighted by atomic mass is 10.1. The number of hydrogen-bond donors (Lipinski definition) is 2. The quantitative estimate of drug-likeness (QED) is 0.704. The van der Waals surface area contributed by atoms with Crippen molar-refractivity contribution in [3.63, 3.8) is 0 Å². The van der Waals surface area contributed by atoms with Gasteiger partial charge in [-0.2, -0.15) is 0 Å². The fraction of sp³-hybridized carbons (Fsp3) is 0.636. The van der Waals surface area contributed by atoms with E-state index < -0.39 is 0 Å². The van der Waals surface area contributed by atoms with Gasteiger partial charge in [-0.3, -0.25) is 0 Å². The van der Waals surface area contributed by atoms with Crippen LogP contribution in [0.15, 0.2) is 23.8 Å². The Balaban J connectivity index is 2.48. The predicted molar refractivity (Wildman–Crippen MR) is 58.5 cm³/mol. The van der Waals surface area contributed by atoms with E-state index in [0.717, 1.165) is 5.57 Å². The second-order valence-corrected chi connectivity index (χ2v) is 3.48. The smallest absolute Gasteiger partial charge is 0.0704 e. The number of nitrogens with two attached hydrogens (primary N) is 1. The first-order valence-corrected chi connectivity index (χ1v) is 5.20. The molecule has 15 heavy (non-hydrogen) atoms. The molecule has 1 atom stereocenters. The Morgan fingerprint density at radius 1 is 1.33 bits per heavy atom. The first-order valence-electron chi connectivity index (χ1n) is 5.20. The maximum Gasteiger partial charge on any atom is 0.0704 e. The van der Waals surface area contributed by atoms with Gasteiger partial charge in [-0.25, -0.2) is 0 Å². The van der Waals surface area contributed by atoms with Crippen LogP contribution in [0.3, 0.4) is 0 Å². The Labute approximate surface area is 90.4 Å². The van der Waals surface area contributed by atoms with Crippen LogP contribution in [0.1, 0.15) is 6.42 Å². The number of aliphatic hydroxyl groups is 1. The number of aliphatic hydroxyl groups excluding tert-OH is 1. The first-order chi connectivity index (χ1) is 7.33. The van der Waals surface area contributed by atoms with Crippen LogP contribution in [-0.2, 0) is 9.47 Å². The summed E-state index contributed by atoms with van der Waals surface area (Å²) in [5, 5.41) is 8.86. The lowest BCUT2D eigenvalue weighted by Gasteiger charge is -2.10. The van der Waals surface area contributed by atoms with Crippen molar-refractivity contribution in [2.24, 2.45) is 5.73 Å². The lowest BCUT2D eigenvalue weighted by molar-refractivity contribution is 0.0701. The van der Waals surface area contributed by atoms with Crippen molar-refractivity contribution in [2.75, 3.05) is 33.0 Å². The molecule has 1 aliphatic heterocycles. The van der Waals surface area contributed by atoms with Gasteiger partial charge in [0.05, 0.1) is 33.0 Å². The highest BCUT2D eigenvalue weighted by Gasteiger charge is 2.03. The molecule has 0 aliphatic carbocycles. The maximum absolute atomic E-state index is 8.86. The Bertz CT molecular complexity index is 226. The number of hydrogen-bond acceptors (Lipinski definition) is 4. The van der Waals surface area contributed by atoms with Crippen molar-refractivity contribution in [1.82, 2.24) is 0 Å². The van der Waals surface area contributed by atoms with Gasteiger partial charge in [-0.15, -0.1) is 0 Å². The van der Waals surface area contributed by atoms with E-state index in [0.29, 0.717) is 32.8 Å². The van der Waals surface area contributed by atoms with Gasteiger partial charge in [0.2, 0.25) is 0 Å². The minimum atomic E-state index is -0.204. The summed E-state index contributed by atoms with van der Waals surface area (Å²) in [5.41, 5.74) is 6.75. The molecular weight excluding hydrogens is 194 g/mol. The van der Waals surface area contributed by atoms with Gasteiger partial charge >= 0.3 is 0 Å². The van der Waals surface area contributed by atoms with Crippen molar-refractivity contribution in [3.8, 4) is 0 Å². The van der Waals surface area contributed by atoms with E-state index in [1.165, 1.54) is 0 Å². The predicted octanol–water partition coefficient (Wildman–Crippen LogP) is 0.225. The summed E-state index contributed by atoms with van der Waals surface area (Å²) in [7, 11) is 0. The van der Waals surface area contributed by atoms with Gasteiger partial charge in [0.15, 0.2) is 0 Å². The maximum atomic E-state index is 8.86. The molecule has 0 spiro atoms. The van der Waals surface area contributed by atoms with Crippen molar-refractivity contribution >= 4 is 0 Å². The molecule has 4 heteroatoms. The summed E-state index contributed by atoms with van der Waals surface area (Å²) in [5.74, 6) is 0. The third-order valence-corrected chi connectivity index (χ3v) is 2.11. The molecule has 0 radical (unpaired) electrons. The summed E-state index contributed by atoms with van der Waals surface area (Å²) >= 11 is 0. The largest absolute Gasteiger partial charge is 0.395 e. The zero-order valence-corrected chi connectivity index (χ0v) is 8.89. The highest BCUT2D eigenvalue weighted by Crippen LogP contribution is 2.07. The summed E-state index contributed by atoms with van der Waals surface area (Å²) in [6.07, 6.45) is 6.60. The van der Waals surface area contributed by atoms with E-state index in [-0.39, 0.29) is 12.6 Å². The molecule has 1 unspecified atom stereocenters. The fourth-order valence-electron chi connectivity index (χ4n) is 1.30. The molecule has 0 amide bonds. The number of ether oxygens (including phenoxy) is 2. The van der Waals surface area contributed by atoms with E-state index in [1.54, 1.807) is 0 Å². The molecule has 0 saturated heterocycles. The van der Waals surface area contributed by atoms with Crippen LogP contribution in [0, 0.1) is 0 Å². The third kappa shape index (κ3) is 5.69. The highest BCUT2D eigenvalue weighted by atomic mass is 16.5. The van der Waals surface area contributed by atoms with E-state index in [2.05, 4.69) is 0 Å². The van der Waals surface area contributed by atoms with Crippen LogP contribution in [0.5, 0.6) is 0 Å². The standard InChI is InChI=1S/C11H19NO3/c12-11(9-13)8-10-2-1-4-14-6-7-15-5-3-10/h1-3,11,13H,4-9,12H2/b2-1-,10-3+. The average molecular weight is 213 g/mol. The Morgan fingerprint density at radius 2 is 2.07 bits per heavy atom. The number of rotatable bonds is 3. The van der Waals surface area contributed by atoms with Crippen LogP contribution in [0.4, 0.5) is 0 Å². The van der Waals surface area contributed by atoms with Gasteiger partial charge < -0.3 is 20.3 Å². The van der Waals surface area contributed by atoms with Crippen LogP contribution in [-0.4, -0.2) is 44.2 Å².